The number of aliphatic carboxylic acids is 1. The second kappa shape index (κ2) is 6.97. The van der Waals surface area contributed by atoms with Crippen LogP contribution in [0.15, 0.2) is 18.2 Å². The van der Waals surface area contributed by atoms with Gasteiger partial charge in [0.1, 0.15) is 0 Å². The number of fused-ring (bicyclic) bond motifs is 1. The summed E-state index contributed by atoms with van der Waals surface area (Å²) in [6.45, 7) is 2.08. The number of rotatable bonds is 7. The first-order valence-corrected chi connectivity index (χ1v) is 6.98. The lowest BCUT2D eigenvalue weighted by Gasteiger charge is -2.14. The van der Waals surface area contributed by atoms with E-state index in [1.165, 1.54) is 0 Å². The van der Waals surface area contributed by atoms with E-state index < -0.39 is 5.97 Å². The van der Waals surface area contributed by atoms with Crippen LogP contribution in [-0.2, 0) is 16.0 Å². The molecule has 1 aromatic carbocycles. The lowest BCUT2D eigenvalue weighted by Crippen LogP contribution is -2.36. The monoisotopic (exact) mass is 293 g/mol. The molecule has 1 atom stereocenters. The maximum absolute atomic E-state index is 11.8. The number of ether oxygens (including phenoxy) is 2. The first kappa shape index (κ1) is 15.2. The van der Waals surface area contributed by atoms with Crippen LogP contribution >= 0.6 is 0 Å². The molecular weight excluding hydrogens is 274 g/mol. The average molecular weight is 293 g/mol. The highest BCUT2D eigenvalue weighted by atomic mass is 16.7. The number of nitrogens with one attached hydrogen (secondary N) is 1. The maximum Gasteiger partial charge on any atom is 0.305 e. The fourth-order valence-corrected chi connectivity index (χ4v) is 2.16. The summed E-state index contributed by atoms with van der Waals surface area (Å²) < 4.78 is 10.5. The van der Waals surface area contributed by atoms with Crippen LogP contribution in [0.3, 0.4) is 0 Å². The zero-order valence-electron chi connectivity index (χ0n) is 11.9. The molecule has 0 saturated carbocycles. The van der Waals surface area contributed by atoms with Crippen molar-refractivity contribution in [3.8, 4) is 11.5 Å². The number of amides is 1. The Balaban J connectivity index is 1.82. The highest BCUT2D eigenvalue weighted by Gasteiger charge is 2.15. The van der Waals surface area contributed by atoms with Gasteiger partial charge in [0, 0.05) is 12.5 Å². The third-order valence-electron chi connectivity index (χ3n) is 3.36. The predicted octanol–water partition coefficient (Wildman–Crippen LogP) is 1.72. The number of carbonyl (C=O) groups is 2. The van der Waals surface area contributed by atoms with Crippen LogP contribution < -0.4 is 14.8 Å². The molecule has 1 aliphatic heterocycles. The van der Waals surface area contributed by atoms with E-state index in [0.29, 0.717) is 25.0 Å². The number of hydrogen-bond acceptors (Lipinski definition) is 4. The van der Waals surface area contributed by atoms with E-state index >= 15 is 0 Å². The Morgan fingerprint density at radius 3 is 2.81 bits per heavy atom. The second-order valence-corrected chi connectivity index (χ2v) is 4.96. The fourth-order valence-electron chi connectivity index (χ4n) is 2.16. The molecule has 6 heteroatoms. The standard InChI is InChI=1S/C15H19NO5/c1-2-11(8-15(18)19)16-14(17)6-4-10-3-5-12-13(7-10)21-9-20-12/h3,5,7,11H,2,4,6,8-9H2,1H3,(H,16,17)(H,18,19). The van der Waals surface area contributed by atoms with E-state index in [4.69, 9.17) is 14.6 Å². The Hall–Kier alpha value is -2.24. The molecule has 1 unspecified atom stereocenters. The maximum atomic E-state index is 11.8. The first-order chi connectivity index (χ1) is 10.1. The molecule has 1 amide bonds. The number of aryl methyl sites for hydroxylation is 1. The molecule has 0 bridgehead atoms. The summed E-state index contributed by atoms with van der Waals surface area (Å²) in [5, 5.41) is 11.5. The smallest absolute Gasteiger partial charge is 0.305 e. The Morgan fingerprint density at radius 2 is 2.10 bits per heavy atom. The molecule has 0 aromatic heterocycles. The van der Waals surface area contributed by atoms with Gasteiger partial charge in [0.25, 0.3) is 0 Å². The molecule has 21 heavy (non-hydrogen) atoms. The quantitative estimate of drug-likeness (QED) is 0.799. The van der Waals surface area contributed by atoms with E-state index in [9.17, 15) is 9.59 Å². The minimum absolute atomic E-state index is 0.0493. The lowest BCUT2D eigenvalue weighted by molar-refractivity contribution is -0.137. The number of hydrogen-bond donors (Lipinski definition) is 2. The van der Waals surface area contributed by atoms with Gasteiger partial charge < -0.3 is 19.9 Å². The summed E-state index contributed by atoms with van der Waals surface area (Å²) in [4.78, 5) is 22.5. The van der Waals surface area contributed by atoms with Crippen molar-refractivity contribution in [3.05, 3.63) is 23.8 Å². The van der Waals surface area contributed by atoms with Gasteiger partial charge >= 0.3 is 5.97 Å². The summed E-state index contributed by atoms with van der Waals surface area (Å²) in [5.41, 5.74) is 0.987. The Kier molecular flexibility index (Phi) is 5.03. The van der Waals surface area contributed by atoms with Crippen LogP contribution in [0.4, 0.5) is 0 Å². The summed E-state index contributed by atoms with van der Waals surface area (Å²) in [7, 11) is 0. The first-order valence-electron chi connectivity index (χ1n) is 6.98. The van der Waals surface area contributed by atoms with Crippen LogP contribution in [0.1, 0.15) is 31.7 Å². The fraction of sp³-hybridized carbons (Fsp3) is 0.467. The van der Waals surface area contributed by atoms with E-state index in [-0.39, 0.29) is 25.2 Å². The molecule has 0 radical (unpaired) electrons. The van der Waals surface area contributed by atoms with Crippen LogP contribution in [-0.4, -0.2) is 29.8 Å². The highest BCUT2D eigenvalue weighted by Crippen LogP contribution is 2.32. The molecular formula is C15H19NO5. The number of carboxylic acids is 1. The van der Waals surface area contributed by atoms with Gasteiger partial charge in [-0.1, -0.05) is 13.0 Å². The summed E-state index contributed by atoms with van der Waals surface area (Å²) in [5.74, 6) is 0.375. The van der Waals surface area contributed by atoms with Crippen LogP contribution in [0, 0.1) is 0 Å². The van der Waals surface area contributed by atoms with Crippen molar-refractivity contribution in [2.24, 2.45) is 0 Å². The third-order valence-corrected chi connectivity index (χ3v) is 3.36. The minimum Gasteiger partial charge on any atom is -0.481 e. The van der Waals surface area contributed by atoms with Gasteiger partial charge in [-0.25, -0.2) is 0 Å². The molecule has 2 rings (SSSR count). The number of carboxylic acid groups (broad SMARTS) is 1. The zero-order chi connectivity index (χ0) is 15.2. The molecule has 114 valence electrons. The largest absolute Gasteiger partial charge is 0.481 e. The van der Waals surface area contributed by atoms with Gasteiger partial charge in [-0.2, -0.15) is 0 Å². The molecule has 0 spiro atoms. The van der Waals surface area contributed by atoms with Crippen molar-refractivity contribution in [2.45, 2.75) is 38.6 Å². The Bertz CT molecular complexity index is 529. The summed E-state index contributed by atoms with van der Waals surface area (Å²) in [6, 6.07) is 5.28. The van der Waals surface area contributed by atoms with Gasteiger partial charge in [0.2, 0.25) is 12.7 Å². The van der Waals surface area contributed by atoms with Gasteiger partial charge in [0.15, 0.2) is 11.5 Å². The Labute approximate surface area is 123 Å². The zero-order valence-corrected chi connectivity index (χ0v) is 11.9. The molecule has 0 saturated heterocycles. The van der Waals surface area contributed by atoms with E-state index in [0.717, 1.165) is 11.3 Å². The van der Waals surface area contributed by atoms with Crippen molar-refractivity contribution in [3.63, 3.8) is 0 Å². The normalized spacial score (nSPS) is 13.8. The van der Waals surface area contributed by atoms with Crippen molar-refractivity contribution in [1.82, 2.24) is 5.32 Å². The SMILES string of the molecule is CCC(CC(=O)O)NC(=O)CCc1ccc2c(c1)OCO2. The average Bonchev–Trinajstić information content (AvgIpc) is 2.91. The third kappa shape index (κ3) is 4.37. The van der Waals surface area contributed by atoms with E-state index in [1.807, 2.05) is 25.1 Å². The molecule has 6 nitrogen and oxygen atoms in total. The second-order valence-electron chi connectivity index (χ2n) is 4.96. The van der Waals surface area contributed by atoms with Crippen molar-refractivity contribution in [1.29, 1.82) is 0 Å². The lowest BCUT2D eigenvalue weighted by atomic mass is 10.1. The van der Waals surface area contributed by atoms with E-state index in [2.05, 4.69) is 5.32 Å². The number of benzene rings is 1. The van der Waals surface area contributed by atoms with Crippen LogP contribution in [0.2, 0.25) is 0 Å². The van der Waals surface area contributed by atoms with Gasteiger partial charge in [-0.15, -0.1) is 0 Å². The highest BCUT2D eigenvalue weighted by molar-refractivity contribution is 5.77. The van der Waals surface area contributed by atoms with Gasteiger partial charge in [-0.3, -0.25) is 9.59 Å². The van der Waals surface area contributed by atoms with Crippen molar-refractivity contribution in [2.75, 3.05) is 6.79 Å². The summed E-state index contributed by atoms with van der Waals surface area (Å²) >= 11 is 0. The Morgan fingerprint density at radius 1 is 1.33 bits per heavy atom. The van der Waals surface area contributed by atoms with E-state index in [1.54, 1.807) is 0 Å². The van der Waals surface area contributed by atoms with Gasteiger partial charge in [-0.05, 0) is 30.5 Å². The molecule has 2 N–H and O–H groups in total. The molecule has 1 aliphatic rings. The van der Waals surface area contributed by atoms with Gasteiger partial charge in [0.05, 0.1) is 6.42 Å². The van der Waals surface area contributed by atoms with Crippen molar-refractivity contribution < 1.29 is 24.2 Å². The molecule has 1 heterocycles. The van der Waals surface area contributed by atoms with Crippen LogP contribution in [0.25, 0.3) is 0 Å². The summed E-state index contributed by atoms with van der Waals surface area (Å²) in [6.07, 6.45) is 1.44. The molecule has 0 fully saturated rings. The molecule has 0 aliphatic carbocycles. The topological polar surface area (TPSA) is 84.9 Å². The number of carbonyl (C=O) groups excluding carboxylic acids is 1. The molecule has 1 aromatic rings. The predicted molar refractivity (Wildman–Crippen MR) is 75.4 cm³/mol. The van der Waals surface area contributed by atoms with Crippen LogP contribution in [0.5, 0.6) is 11.5 Å². The minimum atomic E-state index is -0.905. The van der Waals surface area contributed by atoms with Crippen molar-refractivity contribution >= 4 is 11.9 Å².